The van der Waals surface area contributed by atoms with Crippen molar-refractivity contribution >= 4 is 22.8 Å². The molecule has 2 aromatic rings. The molecule has 174 valence electrons. The lowest BCUT2D eigenvalue weighted by Gasteiger charge is -2.37. The Balaban J connectivity index is 1.29. The number of nitrogens with zero attached hydrogens (tertiary/aromatic N) is 4. The second kappa shape index (κ2) is 10.8. The van der Waals surface area contributed by atoms with E-state index in [0.29, 0.717) is 32.8 Å². The Hall–Kier alpha value is -2.58. The predicted octanol–water partition coefficient (Wildman–Crippen LogP) is 1.46. The summed E-state index contributed by atoms with van der Waals surface area (Å²) in [5.74, 6) is 1.19. The van der Waals surface area contributed by atoms with Crippen molar-refractivity contribution in [3.05, 3.63) is 35.5 Å². The van der Waals surface area contributed by atoms with Crippen LogP contribution in [0, 0.1) is 6.92 Å². The van der Waals surface area contributed by atoms with Gasteiger partial charge in [0.1, 0.15) is 0 Å². The van der Waals surface area contributed by atoms with Crippen molar-refractivity contribution in [3.63, 3.8) is 0 Å². The molecule has 2 fully saturated rings. The molecule has 0 unspecified atom stereocenters. The van der Waals surface area contributed by atoms with E-state index in [1.54, 1.807) is 0 Å². The zero-order valence-electron chi connectivity index (χ0n) is 19.4. The van der Waals surface area contributed by atoms with Crippen molar-refractivity contribution in [2.24, 2.45) is 4.99 Å². The number of nitrogens with one attached hydrogen (secondary N) is 2. The van der Waals surface area contributed by atoms with Crippen molar-refractivity contribution in [2.45, 2.75) is 20.3 Å². The van der Waals surface area contributed by atoms with Crippen LogP contribution in [-0.2, 0) is 16.0 Å². The first-order valence-corrected chi connectivity index (χ1v) is 11.8. The van der Waals surface area contributed by atoms with Crippen molar-refractivity contribution in [2.75, 3.05) is 72.1 Å². The van der Waals surface area contributed by atoms with E-state index in [9.17, 15) is 4.79 Å². The quantitative estimate of drug-likeness (QED) is 0.525. The topological polar surface area (TPSA) is 76.2 Å². The van der Waals surface area contributed by atoms with E-state index in [2.05, 4.69) is 58.3 Å². The number of aliphatic imine (C=N–C) groups is 1. The number of benzene rings is 1. The summed E-state index contributed by atoms with van der Waals surface area (Å²) < 4.78 is 5.35. The molecule has 0 bridgehead atoms. The molecule has 1 amide bonds. The molecule has 0 atom stereocenters. The molecule has 0 aliphatic carbocycles. The zero-order valence-corrected chi connectivity index (χ0v) is 19.4. The Kier molecular flexibility index (Phi) is 7.65. The molecule has 2 saturated heterocycles. The first kappa shape index (κ1) is 22.6. The number of carbonyl (C=O) groups excluding carboxylic acids is 1. The Morgan fingerprint density at radius 3 is 2.66 bits per heavy atom. The minimum atomic E-state index is 0.219. The number of amides is 1. The fraction of sp³-hybridized carbons (Fsp3) is 0.583. The van der Waals surface area contributed by atoms with Crippen LogP contribution in [-0.4, -0.2) is 104 Å². The number of carbonyl (C=O) groups is 1. The molecule has 3 heterocycles. The van der Waals surface area contributed by atoms with Gasteiger partial charge in [0.15, 0.2) is 5.96 Å². The maximum Gasteiger partial charge on any atom is 0.236 e. The van der Waals surface area contributed by atoms with E-state index in [1.807, 2.05) is 4.90 Å². The Morgan fingerprint density at radius 1 is 1.12 bits per heavy atom. The number of aryl methyl sites for hydroxylation is 1. The third-order valence-corrected chi connectivity index (χ3v) is 6.38. The lowest BCUT2D eigenvalue weighted by atomic mass is 10.1. The molecule has 32 heavy (non-hydrogen) atoms. The van der Waals surface area contributed by atoms with Gasteiger partial charge in [0.2, 0.25) is 5.91 Å². The van der Waals surface area contributed by atoms with Crippen molar-refractivity contribution in [1.82, 2.24) is 25.0 Å². The summed E-state index contributed by atoms with van der Waals surface area (Å²) in [5.41, 5.74) is 3.81. The molecule has 0 saturated carbocycles. The molecule has 0 spiro atoms. The van der Waals surface area contributed by atoms with E-state index in [1.165, 1.54) is 22.0 Å². The van der Waals surface area contributed by atoms with Crippen LogP contribution in [0.3, 0.4) is 0 Å². The number of morpholine rings is 1. The van der Waals surface area contributed by atoms with Crippen molar-refractivity contribution in [3.8, 4) is 0 Å². The highest BCUT2D eigenvalue weighted by Gasteiger charge is 2.24. The second-order valence-corrected chi connectivity index (χ2v) is 8.55. The van der Waals surface area contributed by atoms with Crippen LogP contribution in [0.5, 0.6) is 0 Å². The number of H-pyrrole nitrogens is 1. The first-order valence-electron chi connectivity index (χ1n) is 11.8. The number of aromatic nitrogens is 1. The van der Waals surface area contributed by atoms with Crippen LogP contribution in [0.25, 0.3) is 10.9 Å². The normalized spacial score (nSPS) is 18.4. The van der Waals surface area contributed by atoms with Gasteiger partial charge in [0, 0.05) is 69.5 Å². The summed E-state index contributed by atoms with van der Waals surface area (Å²) in [6, 6.07) is 6.43. The van der Waals surface area contributed by atoms with Gasteiger partial charge in [-0.1, -0.05) is 18.2 Å². The highest BCUT2D eigenvalue weighted by atomic mass is 16.5. The fourth-order valence-electron chi connectivity index (χ4n) is 4.50. The first-order chi connectivity index (χ1) is 15.7. The largest absolute Gasteiger partial charge is 0.378 e. The standard InChI is InChI=1S/C24H36N6O2/c1-3-25-24(26-8-7-20-17-27-23-19(2)5-4-6-21(20)23)30-11-9-28(10-12-30)18-22(31)29-13-15-32-16-14-29/h4-6,17,27H,3,7-16,18H2,1-2H3,(H,25,26). The number of piperazine rings is 1. The lowest BCUT2D eigenvalue weighted by molar-refractivity contribution is -0.136. The zero-order chi connectivity index (χ0) is 22.3. The van der Waals surface area contributed by atoms with Gasteiger partial charge in [-0.2, -0.15) is 0 Å². The van der Waals surface area contributed by atoms with Crippen LogP contribution in [0.1, 0.15) is 18.1 Å². The van der Waals surface area contributed by atoms with Crippen LogP contribution in [0.2, 0.25) is 0 Å². The molecule has 2 aliphatic rings. The summed E-state index contributed by atoms with van der Waals surface area (Å²) in [4.78, 5) is 27.3. The summed E-state index contributed by atoms with van der Waals surface area (Å²) in [6.45, 7) is 12.6. The molecule has 8 heteroatoms. The third kappa shape index (κ3) is 5.42. The highest BCUT2D eigenvalue weighted by molar-refractivity contribution is 5.86. The molecular weight excluding hydrogens is 404 g/mol. The van der Waals surface area contributed by atoms with Crippen molar-refractivity contribution in [1.29, 1.82) is 0 Å². The minimum Gasteiger partial charge on any atom is -0.378 e. The van der Waals surface area contributed by atoms with E-state index in [-0.39, 0.29) is 5.91 Å². The van der Waals surface area contributed by atoms with Gasteiger partial charge in [0.25, 0.3) is 0 Å². The molecule has 1 aromatic carbocycles. The monoisotopic (exact) mass is 440 g/mol. The van der Waals surface area contributed by atoms with Gasteiger partial charge in [-0.05, 0) is 31.4 Å². The third-order valence-electron chi connectivity index (χ3n) is 6.38. The van der Waals surface area contributed by atoms with Crippen LogP contribution in [0.4, 0.5) is 0 Å². The van der Waals surface area contributed by atoms with Gasteiger partial charge < -0.3 is 24.8 Å². The Bertz CT molecular complexity index is 926. The lowest BCUT2D eigenvalue weighted by Crippen LogP contribution is -2.55. The van der Waals surface area contributed by atoms with Crippen LogP contribution < -0.4 is 5.32 Å². The number of guanidine groups is 1. The molecule has 4 rings (SSSR count). The average molecular weight is 441 g/mol. The number of ether oxygens (including phenoxy) is 1. The molecular formula is C24H36N6O2. The fourth-order valence-corrected chi connectivity index (χ4v) is 4.50. The average Bonchev–Trinajstić information content (AvgIpc) is 3.24. The number of hydrogen-bond donors (Lipinski definition) is 2. The molecule has 0 radical (unpaired) electrons. The number of aromatic amines is 1. The highest BCUT2D eigenvalue weighted by Crippen LogP contribution is 2.21. The van der Waals surface area contributed by atoms with E-state index in [4.69, 9.17) is 9.73 Å². The predicted molar refractivity (Wildman–Crippen MR) is 128 cm³/mol. The number of hydrogen-bond acceptors (Lipinski definition) is 4. The van der Waals surface area contributed by atoms with E-state index in [0.717, 1.165) is 51.6 Å². The maximum absolute atomic E-state index is 12.5. The molecule has 2 aliphatic heterocycles. The van der Waals surface area contributed by atoms with E-state index < -0.39 is 0 Å². The van der Waals surface area contributed by atoms with Gasteiger partial charge in [-0.25, -0.2) is 0 Å². The number of para-hydroxylation sites is 1. The van der Waals surface area contributed by atoms with E-state index >= 15 is 0 Å². The van der Waals surface area contributed by atoms with Crippen LogP contribution >= 0.6 is 0 Å². The maximum atomic E-state index is 12.5. The number of fused-ring (bicyclic) bond motifs is 1. The summed E-state index contributed by atoms with van der Waals surface area (Å²) in [5, 5.41) is 4.74. The minimum absolute atomic E-state index is 0.219. The van der Waals surface area contributed by atoms with Gasteiger partial charge in [0.05, 0.1) is 19.8 Å². The van der Waals surface area contributed by atoms with Gasteiger partial charge in [-0.3, -0.25) is 14.7 Å². The molecule has 1 aromatic heterocycles. The Morgan fingerprint density at radius 2 is 1.91 bits per heavy atom. The van der Waals surface area contributed by atoms with Gasteiger partial charge >= 0.3 is 0 Å². The van der Waals surface area contributed by atoms with Crippen molar-refractivity contribution < 1.29 is 9.53 Å². The Labute approximate surface area is 190 Å². The summed E-state index contributed by atoms with van der Waals surface area (Å²) >= 11 is 0. The second-order valence-electron chi connectivity index (χ2n) is 8.55. The summed E-state index contributed by atoms with van der Waals surface area (Å²) in [6.07, 6.45) is 3.02. The number of rotatable bonds is 6. The molecule has 2 N–H and O–H groups in total. The molecule has 8 nitrogen and oxygen atoms in total. The smallest absolute Gasteiger partial charge is 0.236 e. The van der Waals surface area contributed by atoms with Gasteiger partial charge in [-0.15, -0.1) is 0 Å². The van der Waals surface area contributed by atoms with Crippen LogP contribution in [0.15, 0.2) is 29.4 Å². The SMILES string of the molecule is CCNC(=NCCc1c[nH]c2c(C)cccc12)N1CCN(CC(=O)N2CCOCC2)CC1. The summed E-state index contributed by atoms with van der Waals surface area (Å²) in [7, 11) is 0.